The van der Waals surface area contributed by atoms with Crippen LogP contribution in [0.2, 0.25) is 10.0 Å². The summed E-state index contributed by atoms with van der Waals surface area (Å²) in [5.41, 5.74) is 5.48. The molecule has 2 nitrogen and oxygen atoms in total. The molecule has 3 aliphatic heterocycles. The Balaban J connectivity index is 1.71. The number of nitrogens with zero attached hydrogens (tertiary/aromatic N) is 1. The van der Waals surface area contributed by atoms with Gasteiger partial charge in [-0.25, -0.2) is 0 Å². The van der Waals surface area contributed by atoms with Gasteiger partial charge in [-0.05, 0) is 55.3 Å². The number of fused-ring (bicyclic) bond motifs is 3. The number of piperidine rings is 1. The molecular formula is C20H20Cl2N2S. The van der Waals surface area contributed by atoms with Gasteiger partial charge in [-0.3, -0.25) is 0 Å². The first kappa shape index (κ1) is 16.3. The first-order valence-corrected chi connectivity index (χ1v) is 10.6. The molecule has 130 valence electrons. The Kier molecular flexibility index (Phi) is 3.80. The van der Waals surface area contributed by atoms with E-state index in [4.69, 9.17) is 23.2 Å². The maximum absolute atomic E-state index is 6.50. The summed E-state index contributed by atoms with van der Waals surface area (Å²) in [5.74, 6) is 1.69. The van der Waals surface area contributed by atoms with E-state index in [2.05, 4.69) is 29.3 Å². The zero-order valence-electron chi connectivity index (χ0n) is 14.1. The highest BCUT2D eigenvalue weighted by molar-refractivity contribution is 7.99. The van der Waals surface area contributed by atoms with Gasteiger partial charge in [0.15, 0.2) is 0 Å². The van der Waals surface area contributed by atoms with Gasteiger partial charge in [0.25, 0.3) is 0 Å². The molecule has 0 bridgehead atoms. The molecule has 0 saturated carbocycles. The standard InChI is InChI=1S/C20H20Cl2N2S/c1-20-4-5-23-11-16(20)15-8-12(14-3-2-13(21)10-17(14)22)9-18-19(15)24(20)6-7-25-18/h2-3,8-10,16,23H,4-7,11H2,1H3. The molecule has 1 saturated heterocycles. The summed E-state index contributed by atoms with van der Waals surface area (Å²) < 4.78 is 0. The molecule has 0 amide bonds. The minimum atomic E-state index is 0.242. The van der Waals surface area contributed by atoms with Crippen molar-refractivity contribution >= 4 is 40.7 Å². The molecule has 3 aliphatic rings. The highest BCUT2D eigenvalue weighted by Crippen LogP contribution is 2.56. The van der Waals surface area contributed by atoms with Crippen molar-refractivity contribution in [2.24, 2.45) is 0 Å². The Morgan fingerprint density at radius 2 is 2.12 bits per heavy atom. The second-order valence-electron chi connectivity index (χ2n) is 7.40. The van der Waals surface area contributed by atoms with Crippen LogP contribution in [0.5, 0.6) is 0 Å². The van der Waals surface area contributed by atoms with Crippen molar-refractivity contribution in [3.05, 3.63) is 45.9 Å². The van der Waals surface area contributed by atoms with Gasteiger partial charge in [0, 0.05) is 50.8 Å². The third-order valence-electron chi connectivity index (χ3n) is 6.09. The molecule has 0 spiro atoms. The lowest BCUT2D eigenvalue weighted by Gasteiger charge is -2.45. The molecular weight excluding hydrogens is 371 g/mol. The largest absolute Gasteiger partial charge is 0.363 e. The van der Waals surface area contributed by atoms with E-state index in [-0.39, 0.29) is 5.54 Å². The number of hydrogen-bond acceptors (Lipinski definition) is 3. The zero-order chi connectivity index (χ0) is 17.2. The summed E-state index contributed by atoms with van der Waals surface area (Å²) in [6.07, 6.45) is 1.20. The first-order chi connectivity index (χ1) is 12.1. The SMILES string of the molecule is CC12CCNCC1c1cc(-c3ccc(Cl)cc3Cl)cc3c1N2CCS3. The van der Waals surface area contributed by atoms with Gasteiger partial charge in [-0.1, -0.05) is 29.3 Å². The first-order valence-electron chi connectivity index (χ1n) is 8.82. The monoisotopic (exact) mass is 390 g/mol. The number of hydrogen-bond donors (Lipinski definition) is 1. The maximum Gasteiger partial charge on any atom is 0.0546 e. The van der Waals surface area contributed by atoms with Crippen LogP contribution in [0.4, 0.5) is 5.69 Å². The van der Waals surface area contributed by atoms with Crippen LogP contribution in [-0.4, -0.2) is 30.9 Å². The van der Waals surface area contributed by atoms with Crippen molar-refractivity contribution in [1.29, 1.82) is 0 Å². The summed E-state index contributed by atoms with van der Waals surface area (Å²) in [6.45, 7) is 5.77. The Morgan fingerprint density at radius 1 is 1.24 bits per heavy atom. The fourth-order valence-corrected chi connectivity index (χ4v) is 6.38. The lowest BCUT2D eigenvalue weighted by atomic mass is 9.78. The molecule has 25 heavy (non-hydrogen) atoms. The van der Waals surface area contributed by atoms with Crippen molar-refractivity contribution in [3.8, 4) is 11.1 Å². The molecule has 2 unspecified atom stereocenters. The summed E-state index contributed by atoms with van der Waals surface area (Å²) in [6, 6.07) is 10.5. The predicted molar refractivity (Wildman–Crippen MR) is 109 cm³/mol. The van der Waals surface area contributed by atoms with E-state index in [0.29, 0.717) is 10.9 Å². The number of rotatable bonds is 1. The van der Waals surface area contributed by atoms with Crippen LogP contribution in [0.3, 0.4) is 0 Å². The third kappa shape index (κ3) is 2.36. The molecule has 1 fully saturated rings. The predicted octanol–water partition coefficient (Wildman–Crippen LogP) is 5.42. The molecule has 5 heteroatoms. The average Bonchev–Trinajstić information content (AvgIpc) is 2.85. The number of nitrogens with one attached hydrogen (secondary N) is 1. The van der Waals surface area contributed by atoms with Crippen LogP contribution >= 0.6 is 35.0 Å². The van der Waals surface area contributed by atoms with Crippen molar-refractivity contribution < 1.29 is 0 Å². The molecule has 2 atom stereocenters. The van der Waals surface area contributed by atoms with E-state index in [9.17, 15) is 0 Å². The van der Waals surface area contributed by atoms with Crippen molar-refractivity contribution in [2.45, 2.75) is 29.7 Å². The number of halogens is 2. The fourth-order valence-electron chi connectivity index (χ4n) is 4.79. The van der Waals surface area contributed by atoms with Gasteiger partial charge in [0.1, 0.15) is 0 Å². The average molecular weight is 391 g/mol. The molecule has 0 aliphatic carbocycles. The smallest absolute Gasteiger partial charge is 0.0546 e. The number of anilines is 1. The quantitative estimate of drug-likeness (QED) is 0.699. The second-order valence-corrected chi connectivity index (χ2v) is 9.38. The summed E-state index contributed by atoms with van der Waals surface area (Å²) >= 11 is 14.6. The Hall–Kier alpha value is -0.870. The van der Waals surface area contributed by atoms with Gasteiger partial charge in [-0.15, -0.1) is 11.8 Å². The summed E-state index contributed by atoms with van der Waals surface area (Å²) in [5, 5.41) is 5.01. The van der Waals surface area contributed by atoms with Crippen molar-refractivity contribution in [3.63, 3.8) is 0 Å². The number of thioether (sulfide) groups is 1. The third-order valence-corrected chi connectivity index (χ3v) is 7.64. The highest BCUT2D eigenvalue weighted by Gasteiger charge is 2.50. The Labute approximate surface area is 162 Å². The van der Waals surface area contributed by atoms with Crippen LogP contribution < -0.4 is 10.2 Å². The lowest BCUT2D eigenvalue weighted by molar-refractivity contribution is 0.291. The Bertz CT molecular complexity index is 869. The maximum atomic E-state index is 6.50. The molecule has 5 rings (SSSR count). The van der Waals surface area contributed by atoms with Crippen molar-refractivity contribution in [1.82, 2.24) is 5.32 Å². The molecule has 3 heterocycles. The molecule has 2 aromatic carbocycles. The van der Waals surface area contributed by atoms with Gasteiger partial charge >= 0.3 is 0 Å². The van der Waals surface area contributed by atoms with Crippen molar-refractivity contribution in [2.75, 3.05) is 30.3 Å². The summed E-state index contributed by atoms with van der Waals surface area (Å²) in [7, 11) is 0. The molecule has 0 radical (unpaired) electrons. The lowest BCUT2D eigenvalue weighted by Crippen LogP contribution is -2.54. The topological polar surface area (TPSA) is 15.3 Å². The molecule has 1 N–H and O–H groups in total. The van der Waals surface area contributed by atoms with E-state index in [1.54, 1.807) is 0 Å². The minimum Gasteiger partial charge on any atom is -0.363 e. The summed E-state index contributed by atoms with van der Waals surface area (Å²) in [4.78, 5) is 4.09. The van der Waals surface area contributed by atoms with Gasteiger partial charge in [0.2, 0.25) is 0 Å². The van der Waals surface area contributed by atoms with Crippen LogP contribution in [0.25, 0.3) is 11.1 Å². The molecule has 2 aromatic rings. The van der Waals surface area contributed by atoms with Gasteiger partial charge in [0.05, 0.1) is 5.69 Å². The van der Waals surface area contributed by atoms with E-state index < -0.39 is 0 Å². The van der Waals surface area contributed by atoms with Crippen LogP contribution in [0.1, 0.15) is 24.8 Å². The van der Waals surface area contributed by atoms with Crippen LogP contribution in [0.15, 0.2) is 35.2 Å². The highest BCUT2D eigenvalue weighted by atomic mass is 35.5. The van der Waals surface area contributed by atoms with Crippen LogP contribution in [-0.2, 0) is 0 Å². The zero-order valence-corrected chi connectivity index (χ0v) is 16.4. The van der Waals surface area contributed by atoms with E-state index in [1.165, 1.54) is 28.1 Å². The van der Waals surface area contributed by atoms with Gasteiger partial charge < -0.3 is 10.2 Å². The van der Waals surface area contributed by atoms with E-state index in [1.807, 2.05) is 30.0 Å². The van der Waals surface area contributed by atoms with Crippen LogP contribution in [0, 0.1) is 0 Å². The fraction of sp³-hybridized carbons (Fsp3) is 0.400. The van der Waals surface area contributed by atoms with E-state index in [0.717, 1.165) is 36.0 Å². The van der Waals surface area contributed by atoms with E-state index >= 15 is 0 Å². The Morgan fingerprint density at radius 3 is 2.96 bits per heavy atom. The molecule has 0 aromatic heterocycles. The second kappa shape index (κ2) is 5.82. The van der Waals surface area contributed by atoms with Gasteiger partial charge in [-0.2, -0.15) is 0 Å². The normalized spacial score (nSPS) is 27.2. The number of benzene rings is 2. The minimum absolute atomic E-state index is 0.242.